The van der Waals surface area contributed by atoms with Crippen LogP contribution < -0.4 is 5.32 Å². The molecule has 3 rings (SSSR count). The van der Waals surface area contributed by atoms with Crippen molar-refractivity contribution in [2.24, 2.45) is 0 Å². The van der Waals surface area contributed by atoms with Crippen molar-refractivity contribution in [2.75, 3.05) is 12.4 Å². The molecule has 3 nitrogen and oxygen atoms in total. The number of fused-ring (bicyclic) bond motifs is 3. The van der Waals surface area contributed by atoms with E-state index in [0.29, 0.717) is 0 Å². The molecule has 96 valence electrons. The van der Waals surface area contributed by atoms with E-state index in [4.69, 9.17) is 9.97 Å². The Kier molecular flexibility index (Phi) is 2.59. The number of rotatable bonds is 1. The summed E-state index contributed by atoms with van der Waals surface area (Å²) >= 11 is 1.86. The molecule has 0 atom stereocenters. The number of hydrogen-bond acceptors (Lipinski definition) is 4. The van der Waals surface area contributed by atoms with Gasteiger partial charge < -0.3 is 5.32 Å². The second-order valence-electron chi connectivity index (χ2n) is 5.93. The zero-order chi connectivity index (χ0) is 12.9. The summed E-state index contributed by atoms with van der Waals surface area (Å²) in [5, 5.41) is 4.52. The fraction of sp³-hybridized carbons (Fsp3) is 0.571. The Hall–Kier alpha value is -1.16. The molecule has 1 N–H and O–H groups in total. The van der Waals surface area contributed by atoms with E-state index in [0.717, 1.165) is 16.5 Å². The van der Waals surface area contributed by atoms with E-state index in [-0.39, 0.29) is 5.41 Å². The van der Waals surface area contributed by atoms with Crippen molar-refractivity contribution in [3.8, 4) is 0 Å². The van der Waals surface area contributed by atoms with E-state index in [1.54, 1.807) is 0 Å². The molecule has 2 heterocycles. The molecule has 4 heteroatoms. The second kappa shape index (κ2) is 3.92. The molecule has 2 aromatic heterocycles. The summed E-state index contributed by atoms with van der Waals surface area (Å²) in [5.41, 5.74) is 1.48. The van der Waals surface area contributed by atoms with Crippen LogP contribution in [0.25, 0.3) is 10.2 Å². The zero-order valence-corrected chi connectivity index (χ0v) is 12.2. The standard InChI is InChI=1S/C14H19N3S/c1-14(2,3)13-16-11(15-4)10-8-6-5-7-9(8)18-12(10)17-13/h5-7H2,1-4H3,(H,15,16,17). The van der Waals surface area contributed by atoms with E-state index >= 15 is 0 Å². The molecule has 0 fully saturated rings. The average Bonchev–Trinajstić information content (AvgIpc) is 2.85. The van der Waals surface area contributed by atoms with Crippen LogP contribution in [0.4, 0.5) is 5.82 Å². The quantitative estimate of drug-likeness (QED) is 0.853. The van der Waals surface area contributed by atoms with E-state index in [2.05, 4.69) is 26.1 Å². The van der Waals surface area contributed by atoms with Crippen LogP contribution in [0.2, 0.25) is 0 Å². The molecular formula is C14H19N3S. The number of hydrogen-bond donors (Lipinski definition) is 1. The normalized spacial score (nSPS) is 15.1. The second-order valence-corrected chi connectivity index (χ2v) is 7.02. The molecule has 0 aliphatic heterocycles. The lowest BCUT2D eigenvalue weighted by atomic mass is 9.95. The number of aryl methyl sites for hydroxylation is 2. The Morgan fingerprint density at radius 1 is 1.17 bits per heavy atom. The van der Waals surface area contributed by atoms with Crippen molar-refractivity contribution in [3.63, 3.8) is 0 Å². The number of thiophene rings is 1. The summed E-state index contributed by atoms with van der Waals surface area (Å²) < 4.78 is 0. The van der Waals surface area contributed by atoms with Crippen LogP contribution in [0.3, 0.4) is 0 Å². The fourth-order valence-electron chi connectivity index (χ4n) is 2.51. The Balaban J connectivity index is 2.30. The number of aromatic nitrogens is 2. The van der Waals surface area contributed by atoms with Crippen molar-refractivity contribution >= 4 is 27.4 Å². The van der Waals surface area contributed by atoms with Crippen molar-refractivity contribution in [3.05, 3.63) is 16.3 Å². The minimum atomic E-state index is -0.00573. The first-order chi connectivity index (χ1) is 8.50. The van der Waals surface area contributed by atoms with Gasteiger partial charge >= 0.3 is 0 Å². The zero-order valence-electron chi connectivity index (χ0n) is 11.4. The van der Waals surface area contributed by atoms with Gasteiger partial charge in [-0.1, -0.05) is 20.8 Å². The molecule has 0 aromatic carbocycles. The molecule has 0 bridgehead atoms. The lowest BCUT2D eigenvalue weighted by Crippen LogP contribution is -2.16. The molecule has 2 aromatic rings. The van der Waals surface area contributed by atoms with Gasteiger partial charge in [0.2, 0.25) is 0 Å². The first-order valence-electron chi connectivity index (χ1n) is 6.51. The maximum absolute atomic E-state index is 4.79. The van der Waals surface area contributed by atoms with E-state index in [9.17, 15) is 0 Å². The molecule has 0 spiro atoms. The van der Waals surface area contributed by atoms with Gasteiger partial charge in [-0.15, -0.1) is 11.3 Å². The lowest BCUT2D eigenvalue weighted by molar-refractivity contribution is 0.549. The summed E-state index contributed by atoms with van der Waals surface area (Å²) in [6, 6.07) is 0. The third kappa shape index (κ3) is 1.70. The predicted molar refractivity (Wildman–Crippen MR) is 77.7 cm³/mol. The van der Waals surface area contributed by atoms with E-state index in [1.807, 2.05) is 18.4 Å². The third-order valence-electron chi connectivity index (χ3n) is 3.47. The minimum absolute atomic E-state index is 0.00573. The molecule has 1 aliphatic rings. The van der Waals surface area contributed by atoms with Gasteiger partial charge in [-0.2, -0.15) is 0 Å². The largest absolute Gasteiger partial charge is 0.372 e. The Labute approximate surface area is 112 Å². The highest BCUT2D eigenvalue weighted by Gasteiger charge is 2.25. The summed E-state index contributed by atoms with van der Waals surface area (Å²) in [4.78, 5) is 12.2. The van der Waals surface area contributed by atoms with Crippen LogP contribution in [0.15, 0.2) is 0 Å². The lowest BCUT2D eigenvalue weighted by Gasteiger charge is -2.17. The van der Waals surface area contributed by atoms with Crippen molar-refractivity contribution in [1.82, 2.24) is 9.97 Å². The molecular weight excluding hydrogens is 242 g/mol. The monoisotopic (exact) mass is 261 g/mol. The highest BCUT2D eigenvalue weighted by molar-refractivity contribution is 7.19. The molecule has 1 aliphatic carbocycles. The van der Waals surface area contributed by atoms with E-state index in [1.165, 1.54) is 35.1 Å². The van der Waals surface area contributed by atoms with Crippen LogP contribution in [-0.2, 0) is 18.3 Å². The first kappa shape index (κ1) is 11.9. The molecule has 0 unspecified atom stereocenters. The summed E-state index contributed by atoms with van der Waals surface area (Å²) in [6.07, 6.45) is 3.67. The summed E-state index contributed by atoms with van der Waals surface area (Å²) in [7, 11) is 1.95. The molecule has 18 heavy (non-hydrogen) atoms. The predicted octanol–water partition coefficient (Wildman–Crippen LogP) is 3.52. The fourth-order valence-corrected chi connectivity index (χ4v) is 3.77. The van der Waals surface area contributed by atoms with Crippen molar-refractivity contribution in [2.45, 2.75) is 45.4 Å². The van der Waals surface area contributed by atoms with Gasteiger partial charge in [0, 0.05) is 17.3 Å². The number of nitrogens with one attached hydrogen (secondary N) is 1. The highest BCUT2D eigenvalue weighted by atomic mass is 32.1. The first-order valence-corrected chi connectivity index (χ1v) is 7.33. The van der Waals surface area contributed by atoms with Gasteiger partial charge in [0.1, 0.15) is 16.5 Å². The number of nitrogens with zero attached hydrogens (tertiary/aromatic N) is 2. The van der Waals surface area contributed by atoms with Gasteiger partial charge in [0.25, 0.3) is 0 Å². The molecule has 0 radical (unpaired) electrons. The maximum Gasteiger partial charge on any atom is 0.138 e. The van der Waals surface area contributed by atoms with Crippen LogP contribution in [0.1, 0.15) is 43.5 Å². The maximum atomic E-state index is 4.79. The molecule has 0 amide bonds. The van der Waals surface area contributed by atoms with Crippen LogP contribution in [0, 0.1) is 0 Å². The highest BCUT2D eigenvalue weighted by Crippen LogP contribution is 2.40. The smallest absolute Gasteiger partial charge is 0.138 e. The molecule has 0 saturated heterocycles. The van der Waals surface area contributed by atoms with Gasteiger partial charge in [-0.3, -0.25) is 0 Å². The van der Waals surface area contributed by atoms with Gasteiger partial charge in [-0.05, 0) is 24.8 Å². The van der Waals surface area contributed by atoms with Gasteiger partial charge in [0.05, 0.1) is 5.39 Å². The average molecular weight is 261 g/mol. The Bertz CT molecular complexity index is 608. The SMILES string of the molecule is CNc1nc(C(C)(C)C)nc2sc3c(c12)CCC3. The molecule has 0 saturated carbocycles. The van der Waals surface area contributed by atoms with Crippen molar-refractivity contribution in [1.29, 1.82) is 0 Å². The van der Waals surface area contributed by atoms with Crippen LogP contribution in [0.5, 0.6) is 0 Å². The van der Waals surface area contributed by atoms with Gasteiger partial charge in [0.15, 0.2) is 0 Å². The topological polar surface area (TPSA) is 37.8 Å². The summed E-state index contributed by atoms with van der Waals surface area (Å²) in [5.74, 6) is 1.93. The van der Waals surface area contributed by atoms with Crippen LogP contribution >= 0.6 is 11.3 Å². The number of anilines is 1. The van der Waals surface area contributed by atoms with Gasteiger partial charge in [-0.25, -0.2) is 9.97 Å². The van der Waals surface area contributed by atoms with E-state index < -0.39 is 0 Å². The summed E-state index contributed by atoms with van der Waals surface area (Å²) in [6.45, 7) is 6.48. The third-order valence-corrected chi connectivity index (χ3v) is 4.66. The van der Waals surface area contributed by atoms with Crippen molar-refractivity contribution < 1.29 is 0 Å². The van der Waals surface area contributed by atoms with Crippen LogP contribution in [-0.4, -0.2) is 17.0 Å². The Morgan fingerprint density at radius 2 is 1.94 bits per heavy atom. The Morgan fingerprint density at radius 3 is 2.61 bits per heavy atom. The minimum Gasteiger partial charge on any atom is -0.372 e.